The van der Waals surface area contributed by atoms with Gasteiger partial charge in [-0.2, -0.15) is 0 Å². The van der Waals surface area contributed by atoms with Crippen LogP contribution in [0, 0.1) is 13.8 Å². The van der Waals surface area contributed by atoms with Crippen LogP contribution in [0.25, 0.3) is 0 Å². The van der Waals surface area contributed by atoms with Crippen molar-refractivity contribution in [1.82, 2.24) is 0 Å². The first-order valence-corrected chi connectivity index (χ1v) is 5.86. The highest BCUT2D eigenvalue weighted by Crippen LogP contribution is 2.49. The molecule has 1 saturated carbocycles. The van der Waals surface area contributed by atoms with Gasteiger partial charge in [-0.1, -0.05) is 22.0 Å². The lowest BCUT2D eigenvalue weighted by Gasteiger charge is -2.18. The van der Waals surface area contributed by atoms with E-state index < -0.39 is 0 Å². The second kappa shape index (κ2) is 3.35. The van der Waals surface area contributed by atoms with Crippen molar-refractivity contribution in [2.45, 2.75) is 32.1 Å². The summed E-state index contributed by atoms with van der Waals surface area (Å²) in [6, 6.07) is 4.37. The molecule has 1 nitrogen and oxygen atoms in total. The van der Waals surface area contributed by atoms with Gasteiger partial charge in [-0.15, -0.1) is 0 Å². The number of hydrogen-bond donors (Lipinski definition) is 1. The predicted octanol–water partition coefficient (Wildman–Crippen LogP) is 3.06. The SMILES string of the molecule is Cc1c(Br)ccc(C2(CN)CC2)c1C. The number of nitrogens with two attached hydrogens (primary N) is 1. The minimum atomic E-state index is 0.315. The summed E-state index contributed by atoms with van der Waals surface area (Å²) >= 11 is 3.56. The molecule has 1 aromatic carbocycles. The van der Waals surface area contributed by atoms with E-state index in [1.165, 1.54) is 34.0 Å². The van der Waals surface area contributed by atoms with Gasteiger partial charge in [0.1, 0.15) is 0 Å². The Morgan fingerprint density at radius 3 is 2.43 bits per heavy atom. The highest BCUT2D eigenvalue weighted by atomic mass is 79.9. The molecule has 1 aliphatic carbocycles. The number of benzene rings is 1. The molecule has 0 saturated heterocycles. The molecule has 0 bridgehead atoms. The Balaban J connectivity index is 2.50. The molecule has 0 atom stereocenters. The van der Waals surface area contributed by atoms with Gasteiger partial charge >= 0.3 is 0 Å². The third kappa shape index (κ3) is 1.41. The lowest BCUT2D eigenvalue weighted by molar-refractivity contribution is 0.698. The number of rotatable bonds is 2. The zero-order valence-corrected chi connectivity index (χ0v) is 10.3. The third-order valence-corrected chi connectivity index (χ3v) is 4.40. The molecule has 1 aromatic rings. The summed E-state index contributed by atoms with van der Waals surface area (Å²) in [5, 5.41) is 0. The number of hydrogen-bond acceptors (Lipinski definition) is 1. The molecular weight excluding hydrogens is 238 g/mol. The summed E-state index contributed by atoms with van der Waals surface area (Å²) in [5.74, 6) is 0. The Morgan fingerprint density at radius 2 is 1.93 bits per heavy atom. The van der Waals surface area contributed by atoms with Crippen molar-refractivity contribution in [2.75, 3.05) is 6.54 Å². The molecular formula is C12H16BrN. The summed E-state index contributed by atoms with van der Waals surface area (Å²) in [6.45, 7) is 5.15. The topological polar surface area (TPSA) is 26.0 Å². The van der Waals surface area contributed by atoms with Crippen LogP contribution in [-0.2, 0) is 5.41 Å². The Morgan fingerprint density at radius 1 is 1.29 bits per heavy atom. The molecule has 0 aromatic heterocycles. The smallest absolute Gasteiger partial charge is 0.0207 e. The standard InChI is InChI=1S/C12H16BrN/c1-8-9(2)11(13)4-3-10(8)12(7-14)5-6-12/h3-4H,5-7,14H2,1-2H3. The Bertz CT molecular complexity index is 367. The van der Waals surface area contributed by atoms with Gasteiger partial charge in [-0.3, -0.25) is 0 Å². The second-order valence-corrected chi connectivity index (χ2v) is 5.18. The fourth-order valence-electron chi connectivity index (χ4n) is 2.10. The van der Waals surface area contributed by atoms with Crippen molar-refractivity contribution >= 4 is 15.9 Å². The Kier molecular flexibility index (Phi) is 2.44. The summed E-state index contributed by atoms with van der Waals surface area (Å²) in [7, 11) is 0. The van der Waals surface area contributed by atoms with Crippen LogP contribution in [0.2, 0.25) is 0 Å². The summed E-state index contributed by atoms with van der Waals surface area (Å²) in [4.78, 5) is 0. The highest BCUT2D eigenvalue weighted by Gasteiger charge is 2.43. The summed E-state index contributed by atoms with van der Waals surface area (Å²) in [6.07, 6.45) is 2.51. The number of halogens is 1. The van der Waals surface area contributed by atoms with Gasteiger partial charge < -0.3 is 5.73 Å². The zero-order valence-electron chi connectivity index (χ0n) is 8.73. The summed E-state index contributed by atoms with van der Waals surface area (Å²) < 4.78 is 1.20. The van der Waals surface area contributed by atoms with Crippen LogP contribution in [0.1, 0.15) is 29.5 Å². The van der Waals surface area contributed by atoms with Crippen molar-refractivity contribution < 1.29 is 0 Å². The van der Waals surface area contributed by atoms with E-state index in [4.69, 9.17) is 5.73 Å². The molecule has 0 unspecified atom stereocenters. The van der Waals surface area contributed by atoms with Crippen molar-refractivity contribution in [3.8, 4) is 0 Å². The first-order chi connectivity index (χ1) is 6.60. The molecule has 0 aliphatic heterocycles. The van der Waals surface area contributed by atoms with Crippen LogP contribution < -0.4 is 5.73 Å². The van der Waals surface area contributed by atoms with E-state index in [9.17, 15) is 0 Å². The van der Waals surface area contributed by atoms with E-state index in [0.717, 1.165) is 6.54 Å². The fraction of sp³-hybridized carbons (Fsp3) is 0.500. The van der Waals surface area contributed by atoms with E-state index >= 15 is 0 Å². The lowest BCUT2D eigenvalue weighted by atomic mass is 9.90. The second-order valence-electron chi connectivity index (χ2n) is 4.33. The molecule has 2 N–H and O–H groups in total. The van der Waals surface area contributed by atoms with E-state index in [0.29, 0.717) is 5.41 Å². The maximum Gasteiger partial charge on any atom is 0.0207 e. The molecule has 76 valence electrons. The quantitative estimate of drug-likeness (QED) is 0.862. The largest absolute Gasteiger partial charge is 0.330 e. The fourth-order valence-corrected chi connectivity index (χ4v) is 2.53. The maximum absolute atomic E-state index is 5.85. The average molecular weight is 254 g/mol. The monoisotopic (exact) mass is 253 g/mol. The third-order valence-electron chi connectivity index (χ3n) is 3.54. The van der Waals surface area contributed by atoms with Gasteiger partial charge in [0.15, 0.2) is 0 Å². The summed E-state index contributed by atoms with van der Waals surface area (Å²) in [5.41, 5.74) is 10.4. The van der Waals surface area contributed by atoms with Crippen molar-refractivity contribution in [2.24, 2.45) is 5.73 Å². The van der Waals surface area contributed by atoms with Crippen molar-refractivity contribution in [3.63, 3.8) is 0 Å². The first-order valence-electron chi connectivity index (χ1n) is 5.07. The Hall–Kier alpha value is -0.340. The predicted molar refractivity (Wildman–Crippen MR) is 63.6 cm³/mol. The molecule has 1 fully saturated rings. The van der Waals surface area contributed by atoms with Crippen LogP contribution in [0.3, 0.4) is 0 Å². The van der Waals surface area contributed by atoms with Crippen molar-refractivity contribution in [1.29, 1.82) is 0 Å². The molecule has 0 radical (unpaired) electrons. The van der Waals surface area contributed by atoms with Gasteiger partial charge in [0.25, 0.3) is 0 Å². The van der Waals surface area contributed by atoms with E-state index in [-0.39, 0.29) is 0 Å². The van der Waals surface area contributed by atoms with Crippen LogP contribution in [0.15, 0.2) is 16.6 Å². The Labute approximate surface area is 93.8 Å². The van der Waals surface area contributed by atoms with E-state index in [2.05, 4.69) is 41.9 Å². The minimum Gasteiger partial charge on any atom is -0.330 e. The van der Waals surface area contributed by atoms with E-state index in [1.54, 1.807) is 0 Å². The maximum atomic E-state index is 5.85. The minimum absolute atomic E-state index is 0.315. The molecule has 2 heteroatoms. The molecule has 14 heavy (non-hydrogen) atoms. The van der Waals surface area contributed by atoms with Gasteiger partial charge in [0.05, 0.1) is 0 Å². The van der Waals surface area contributed by atoms with Gasteiger partial charge in [-0.05, 0) is 49.4 Å². The van der Waals surface area contributed by atoms with Crippen LogP contribution in [0.4, 0.5) is 0 Å². The first kappa shape index (κ1) is 10.2. The van der Waals surface area contributed by atoms with Crippen LogP contribution >= 0.6 is 15.9 Å². The molecule has 0 amide bonds. The normalized spacial score (nSPS) is 18.3. The molecule has 0 heterocycles. The molecule has 0 spiro atoms. The van der Waals surface area contributed by atoms with E-state index in [1.807, 2.05) is 0 Å². The van der Waals surface area contributed by atoms with Crippen LogP contribution in [-0.4, -0.2) is 6.54 Å². The van der Waals surface area contributed by atoms with Crippen molar-refractivity contribution in [3.05, 3.63) is 33.3 Å². The zero-order chi connectivity index (χ0) is 10.3. The molecule has 1 aliphatic rings. The van der Waals surface area contributed by atoms with Gasteiger partial charge in [0.2, 0.25) is 0 Å². The molecule has 2 rings (SSSR count). The van der Waals surface area contributed by atoms with Gasteiger partial charge in [-0.25, -0.2) is 0 Å². The lowest BCUT2D eigenvalue weighted by Crippen LogP contribution is -2.21. The average Bonchev–Trinajstić information content (AvgIpc) is 2.95. The highest BCUT2D eigenvalue weighted by molar-refractivity contribution is 9.10. The van der Waals surface area contributed by atoms with Crippen LogP contribution in [0.5, 0.6) is 0 Å². The van der Waals surface area contributed by atoms with Gasteiger partial charge in [0, 0.05) is 16.4 Å².